The predicted molar refractivity (Wildman–Crippen MR) is 112 cm³/mol. The van der Waals surface area contributed by atoms with Gasteiger partial charge in [-0.2, -0.15) is 0 Å². The van der Waals surface area contributed by atoms with E-state index in [1.54, 1.807) is 24.3 Å². The monoisotopic (exact) mass is 404 g/mol. The number of carbonyl (C=O) groups excluding carboxylic acids is 1. The summed E-state index contributed by atoms with van der Waals surface area (Å²) in [5.74, 6) is 1.55. The van der Waals surface area contributed by atoms with Gasteiger partial charge in [-0.15, -0.1) is 0 Å². The van der Waals surface area contributed by atoms with Crippen molar-refractivity contribution < 1.29 is 19.4 Å². The van der Waals surface area contributed by atoms with E-state index in [1.807, 2.05) is 23.1 Å². The summed E-state index contributed by atoms with van der Waals surface area (Å²) >= 11 is 0. The molecule has 0 aliphatic carbocycles. The Bertz CT molecular complexity index is 1050. The number of rotatable bonds is 4. The van der Waals surface area contributed by atoms with Crippen LogP contribution in [0.4, 0.5) is 0 Å². The van der Waals surface area contributed by atoms with Crippen LogP contribution in [0.3, 0.4) is 0 Å². The fraction of sp³-hybridized carbons (Fsp3) is 0.292. The molecule has 2 aliphatic rings. The lowest BCUT2D eigenvalue weighted by molar-refractivity contribution is -0.00930. The van der Waals surface area contributed by atoms with Crippen LogP contribution in [0.1, 0.15) is 28.9 Å². The minimum absolute atomic E-state index is 0.0187. The number of hydrogen-bond donors (Lipinski definition) is 1. The molecule has 1 fully saturated rings. The third-order valence-corrected chi connectivity index (χ3v) is 5.97. The first kappa shape index (κ1) is 18.8. The van der Waals surface area contributed by atoms with E-state index < -0.39 is 5.60 Å². The number of ether oxygens (including phenoxy) is 2. The van der Waals surface area contributed by atoms with Crippen molar-refractivity contribution in [2.75, 3.05) is 26.3 Å². The maximum atomic E-state index is 13.0. The number of para-hydroxylation sites is 2. The molecule has 1 N–H and O–H groups in total. The van der Waals surface area contributed by atoms with Crippen LogP contribution in [0.2, 0.25) is 0 Å². The number of benzene rings is 2. The van der Waals surface area contributed by atoms with Gasteiger partial charge in [-0.3, -0.25) is 4.79 Å². The van der Waals surface area contributed by atoms with Crippen molar-refractivity contribution >= 4 is 5.91 Å². The number of nitrogens with zero attached hydrogens (tertiary/aromatic N) is 2. The Hall–Kier alpha value is -3.25. The van der Waals surface area contributed by atoms with E-state index in [2.05, 4.69) is 29.0 Å². The first-order valence-corrected chi connectivity index (χ1v) is 10.3. The Morgan fingerprint density at radius 1 is 1.03 bits per heavy atom. The molecule has 6 nitrogen and oxygen atoms in total. The maximum Gasteiger partial charge on any atom is 0.253 e. The highest BCUT2D eigenvalue weighted by Crippen LogP contribution is 2.45. The molecule has 1 saturated heterocycles. The minimum atomic E-state index is -0.406. The van der Waals surface area contributed by atoms with Gasteiger partial charge in [0, 0.05) is 37.7 Å². The average molecular weight is 404 g/mol. The Labute approximate surface area is 175 Å². The quantitative estimate of drug-likeness (QED) is 0.724. The Kier molecular flexibility index (Phi) is 4.71. The molecule has 1 spiro atoms. The molecule has 154 valence electrons. The summed E-state index contributed by atoms with van der Waals surface area (Å²) in [5.41, 5.74) is 2.45. The molecule has 30 heavy (non-hydrogen) atoms. The van der Waals surface area contributed by atoms with Gasteiger partial charge in [-0.05, 0) is 48.5 Å². The molecule has 3 heterocycles. The highest BCUT2D eigenvalue weighted by Gasteiger charge is 2.44. The van der Waals surface area contributed by atoms with E-state index in [0.717, 1.165) is 30.0 Å². The zero-order valence-corrected chi connectivity index (χ0v) is 16.7. The zero-order valence-electron chi connectivity index (χ0n) is 16.7. The lowest BCUT2D eigenvalue weighted by atomic mass is 9.86. The maximum absolute atomic E-state index is 13.0. The van der Waals surface area contributed by atoms with Crippen molar-refractivity contribution in [1.29, 1.82) is 0 Å². The summed E-state index contributed by atoms with van der Waals surface area (Å²) in [5, 5.41) is 8.85. The first-order chi connectivity index (χ1) is 14.7. The van der Waals surface area contributed by atoms with Crippen molar-refractivity contribution in [3.8, 4) is 17.2 Å². The van der Waals surface area contributed by atoms with E-state index in [1.165, 1.54) is 0 Å². The van der Waals surface area contributed by atoms with Gasteiger partial charge < -0.3 is 24.0 Å². The summed E-state index contributed by atoms with van der Waals surface area (Å²) in [6.45, 7) is 1.47. The minimum Gasteiger partial charge on any atom is -0.491 e. The molecule has 1 aromatic heterocycles. The van der Waals surface area contributed by atoms with Crippen molar-refractivity contribution in [3.63, 3.8) is 0 Å². The van der Waals surface area contributed by atoms with Crippen molar-refractivity contribution in [2.45, 2.75) is 18.4 Å². The first-order valence-electron chi connectivity index (χ1n) is 10.3. The van der Waals surface area contributed by atoms with Gasteiger partial charge >= 0.3 is 0 Å². The topological polar surface area (TPSA) is 63.9 Å². The molecule has 0 radical (unpaired) electrons. The molecule has 5 rings (SSSR count). The predicted octanol–water partition coefficient (Wildman–Crippen LogP) is 3.37. The lowest BCUT2D eigenvalue weighted by Gasteiger charge is -2.45. The fourth-order valence-corrected chi connectivity index (χ4v) is 4.44. The largest absolute Gasteiger partial charge is 0.491 e. The third kappa shape index (κ3) is 3.13. The third-order valence-electron chi connectivity index (χ3n) is 5.97. The van der Waals surface area contributed by atoms with E-state index >= 15 is 0 Å². The number of fused-ring (bicyclic) bond motifs is 4. The van der Waals surface area contributed by atoms with Crippen LogP contribution >= 0.6 is 0 Å². The van der Waals surface area contributed by atoms with Crippen LogP contribution in [-0.4, -0.2) is 46.8 Å². The number of aromatic nitrogens is 1. The molecular formula is C24H24N2O4. The normalized spacial score (nSPS) is 16.5. The van der Waals surface area contributed by atoms with E-state index in [0.29, 0.717) is 24.4 Å². The van der Waals surface area contributed by atoms with Gasteiger partial charge in [0.15, 0.2) is 5.60 Å². The van der Waals surface area contributed by atoms with Crippen molar-refractivity contribution in [3.05, 3.63) is 78.1 Å². The van der Waals surface area contributed by atoms with Crippen LogP contribution in [0.25, 0.3) is 5.69 Å². The Morgan fingerprint density at radius 2 is 1.80 bits per heavy atom. The van der Waals surface area contributed by atoms with Gasteiger partial charge in [0.1, 0.15) is 18.1 Å². The molecular weight excluding hydrogens is 380 g/mol. The molecule has 6 heteroatoms. The fourth-order valence-electron chi connectivity index (χ4n) is 4.44. The van der Waals surface area contributed by atoms with Crippen LogP contribution in [0.15, 0.2) is 66.9 Å². The van der Waals surface area contributed by atoms with Crippen molar-refractivity contribution in [2.24, 2.45) is 0 Å². The molecule has 1 amide bonds. The zero-order chi connectivity index (χ0) is 20.6. The number of likely N-dealkylation sites (tertiary alicyclic amines) is 1. The van der Waals surface area contributed by atoms with Gasteiger partial charge in [0.2, 0.25) is 0 Å². The van der Waals surface area contributed by atoms with E-state index in [9.17, 15) is 4.79 Å². The highest BCUT2D eigenvalue weighted by atomic mass is 16.5. The van der Waals surface area contributed by atoms with E-state index in [4.69, 9.17) is 14.6 Å². The number of piperidine rings is 1. The SMILES string of the molecule is O=C(c1ccc(OCCO)cc1)N1CCC2(CC1)Oc1ccccc1-n1cccc12. The standard InChI is InChI=1S/C24H24N2O4/c27-16-17-29-19-9-7-18(8-10-19)23(28)25-14-11-24(12-15-25)22-6-3-13-26(22)20-4-1-2-5-21(20)30-24/h1-10,13,27H,11-12,14-17H2. The Balaban J connectivity index is 1.32. The highest BCUT2D eigenvalue weighted by molar-refractivity contribution is 5.94. The molecule has 3 aromatic rings. The smallest absolute Gasteiger partial charge is 0.253 e. The summed E-state index contributed by atoms with van der Waals surface area (Å²) < 4.78 is 14.1. The summed E-state index contributed by atoms with van der Waals surface area (Å²) in [6, 6.07) is 19.4. The molecule has 0 saturated carbocycles. The second-order valence-electron chi connectivity index (χ2n) is 7.72. The molecule has 0 unspecified atom stereocenters. The van der Waals surface area contributed by atoms with Gasteiger partial charge in [0.25, 0.3) is 5.91 Å². The van der Waals surface area contributed by atoms with E-state index in [-0.39, 0.29) is 19.1 Å². The van der Waals surface area contributed by atoms with Gasteiger partial charge in [-0.1, -0.05) is 12.1 Å². The van der Waals surface area contributed by atoms with Crippen LogP contribution in [0, 0.1) is 0 Å². The van der Waals surface area contributed by atoms with Gasteiger partial charge in [0.05, 0.1) is 18.0 Å². The molecule has 0 atom stereocenters. The number of aliphatic hydroxyl groups is 1. The average Bonchev–Trinajstić information content (AvgIpc) is 3.30. The summed E-state index contributed by atoms with van der Waals surface area (Å²) in [6.07, 6.45) is 3.57. The summed E-state index contributed by atoms with van der Waals surface area (Å²) in [4.78, 5) is 14.9. The van der Waals surface area contributed by atoms with Gasteiger partial charge in [-0.25, -0.2) is 0 Å². The number of hydrogen-bond acceptors (Lipinski definition) is 4. The lowest BCUT2D eigenvalue weighted by Crippen LogP contribution is -2.49. The number of amides is 1. The molecule has 2 aliphatic heterocycles. The summed E-state index contributed by atoms with van der Waals surface area (Å²) in [7, 11) is 0. The van der Waals surface area contributed by atoms with Crippen molar-refractivity contribution in [1.82, 2.24) is 9.47 Å². The van der Waals surface area contributed by atoms with Crippen LogP contribution < -0.4 is 9.47 Å². The molecule has 2 aromatic carbocycles. The number of carbonyl (C=O) groups is 1. The molecule has 0 bridgehead atoms. The second kappa shape index (κ2) is 7.54. The Morgan fingerprint density at radius 3 is 2.57 bits per heavy atom. The number of aliphatic hydroxyl groups excluding tert-OH is 1. The van der Waals surface area contributed by atoms with Crippen LogP contribution in [-0.2, 0) is 5.60 Å². The second-order valence-corrected chi connectivity index (χ2v) is 7.72. The van der Waals surface area contributed by atoms with Crippen LogP contribution in [0.5, 0.6) is 11.5 Å².